The van der Waals surface area contributed by atoms with Crippen molar-refractivity contribution in [2.75, 3.05) is 32.8 Å². The number of nitrogens with zero attached hydrogens (tertiary/aromatic N) is 3. The van der Waals surface area contributed by atoms with Gasteiger partial charge in [-0.2, -0.15) is 0 Å². The number of hydrogen-bond acceptors (Lipinski definition) is 6. The summed E-state index contributed by atoms with van der Waals surface area (Å²) in [6.45, 7) is 7.44. The number of aromatic nitrogens is 1. The van der Waals surface area contributed by atoms with E-state index in [-0.39, 0.29) is 11.3 Å². The minimum Gasteiger partial charge on any atom is -0.507 e. The van der Waals surface area contributed by atoms with Crippen molar-refractivity contribution in [1.29, 1.82) is 0 Å². The Labute approximate surface area is 182 Å². The lowest BCUT2D eigenvalue weighted by atomic mass is 9.97. The van der Waals surface area contributed by atoms with E-state index in [9.17, 15) is 14.7 Å². The van der Waals surface area contributed by atoms with E-state index in [1.165, 1.54) is 4.90 Å². The molecule has 0 bridgehead atoms. The summed E-state index contributed by atoms with van der Waals surface area (Å²) in [6, 6.07) is 10.0. The van der Waals surface area contributed by atoms with Crippen LogP contribution in [0.3, 0.4) is 0 Å². The van der Waals surface area contributed by atoms with Gasteiger partial charge in [-0.05, 0) is 49.0 Å². The van der Waals surface area contributed by atoms with Crippen molar-refractivity contribution in [3.8, 4) is 5.75 Å². The number of aliphatic hydroxyl groups excluding tert-OH is 1. The normalized spacial score (nSPS) is 19.7. The highest BCUT2D eigenvalue weighted by Gasteiger charge is 2.46. The minimum absolute atomic E-state index is 0.0853. The Balaban J connectivity index is 1.77. The van der Waals surface area contributed by atoms with Crippen molar-refractivity contribution in [1.82, 2.24) is 14.8 Å². The Morgan fingerprint density at radius 1 is 1.23 bits per heavy atom. The van der Waals surface area contributed by atoms with Gasteiger partial charge in [0.05, 0.1) is 17.9 Å². The van der Waals surface area contributed by atoms with Crippen LogP contribution < -0.4 is 4.74 Å². The van der Waals surface area contributed by atoms with E-state index in [0.717, 1.165) is 30.8 Å². The van der Waals surface area contributed by atoms with Gasteiger partial charge in [0.2, 0.25) is 0 Å². The summed E-state index contributed by atoms with van der Waals surface area (Å²) in [5.74, 6) is -0.662. The number of carbonyl (C=O) groups is 2. The van der Waals surface area contributed by atoms with Crippen molar-refractivity contribution in [3.05, 3.63) is 65.0 Å². The first kappa shape index (κ1) is 21.1. The Bertz CT molecular complexity index is 1010. The zero-order chi connectivity index (χ0) is 22.0. The van der Waals surface area contributed by atoms with Crippen LogP contribution in [0.15, 0.2) is 48.2 Å². The molecule has 7 nitrogen and oxygen atoms in total. The average Bonchev–Trinajstić information content (AvgIpc) is 3.37. The molecule has 3 heterocycles. The van der Waals surface area contributed by atoms with Crippen LogP contribution in [0.1, 0.15) is 36.7 Å². The maximum absolute atomic E-state index is 13.1. The van der Waals surface area contributed by atoms with Crippen molar-refractivity contribution in [2.24, 2.45) is 0 Å². The SMILES string of the molecule is CCN(CC)CCN1C(=O)C(=O)/C(=C(\O)c2ccc3c(c2)CCO3)C1c1ccccn1. The Morgan fingerprint density at radius 3 is 2.74 bits per heavy atom. The number of likely N-dealkylation sites (N-methyl/N-ethyl adjacent to an activating group) is 1. The fraction of sp³-hybridized carbons (Fsp3) is 0.375. The topological polar surface area (TPSA) is 83.0 Å². The highest BCUT2D eigenvalue weighted by molar-refractivity contribution is 6.46. The summed E-state index contributed by atoms with van der Waals surface area (Å²) >= 11 is 0. The molecule has 1 saturated heterocycles. The number of Topliss-reactive ketones (excluding diaryl/α,β-unsaturated/α-hetero) is 1. The van der Waals surface area contributed by atoms with Crippen molar-refractivity contribution < 1.29 is 19.4 Å². The number of carbonyl (C=O) groups excluding carboxylic acids is 2. The van der Waals surface area contributed by atoms with Crippen LogP contribution in [-0.4, -0.2) is 64.4 Å². The van der Waals surface area contributed by atoms with Gasteiger partial charge in [-0.1, -0.05) is 19.9 Å². The number of amides is 1. The molecule has 1 aromatic heterocycles. The van der Waals surface area contributed by atoms with Gasteiger partial charge in [0.25, 0.3) is 11.7 Å². The molecule has 7 heteroatoms. The quantitative estimate of drug-likeness (QED) is 0.421. The highest BCUT2D eigenvalue weighted by atomic mass is 16.5. The molecular weight excluding hydrogens is 394 g/mol. The maximum atomic E-state index is 13.1. The molecule has 162 valence electrons. The molecule has 1 fully saturated rings. The molecule has 2 aliphatic heterocycles. The van der Waals surface area contributed by atoms with Gasteiger partial charge < -0.3 is 19.6 Å². The summed E-state index contributed by atoms with van der Waals surface area (Å²) < 4.78 is 5.54. The first-order valence-corrected chi connectivity index (χ1v) is 10.7. The van der Waals surface area contributed by atoms with E-state index in [4.69, 9.17) is 4.74 Å². The third kappa shape index (κ3) is 3.93. The average molecular weight is 421 g/mol. The second-order valence-corrected chi connectivity index (χ2v) is 7.69. The number of rotatable bonds is 7. The molecule has 2 aliphatic rings. The smallest absolute Gasteiger partial charge is 0.295 e. The number of benzene rings is 1. The molecular formula is C24H27N3O4. The highest BCUT2D eigenvalue weighted by Crippen LogP contribution is 2.39. The lowest BCUT2D eigenvalue weighted by Gasteiger charge is -2.27. The standard InChI is InChI=1S/C24H27N3O4/c1-3-26(4-2)12-13-27-21(18-7-5-6-11-25-18)20(23(29)24(27)30)22(28)17-8-9-19-16(15-17)10-14-31-19/h5-9,11,15,21,28H,3-4,10,12-14H2,1-2H3/b22-20-. The third-order valence-electron chi connectivity index (χ3n) is 6.02. The Kier molecular flexibility index (Phi) is 6.04. The second-order valence-electron chi connectivity index (χ2n) is 7.69. The number of hydrogen-bond donors (Lipinski definition) is 1. The summed E-state index contributed by atoms with van der Waals surface area (Å²) in [5.41, 5.74) is 2.13. The van der Waals surface area contributed by atoms with Gasteiger partial charge in [0.15, 0.2) is 0 Å². The van der Waals surface area contributed by atoms with E-state index in [1.54, 1.807) is 30.5 Å². The van der Waals surface area contributed by atoms with Crippen LogP contribution in [0, 0.1) is 0 Å². The van der Waals surface area contributed by atoms with Crippen molar-refractivity contribution in [3.63, 3.8) is 0 Å². The summed E-state index contributed by atoms with van der Waals surface area (Å²) in [4.78, 5) is 34.2. The van der Waals surface area contributed by atoms with Gasteiger partial charge in [0.1, 0.15) is 17.6 Å². The molecule has 1 aromatic carbocycles. The predicted octanol–water partition coefficient (Wildman–Crippen LogP) is 2.78. The molecule has 4 rings (SSSR count). The number of ether oxygens (including phenoxy) is 1. The maximum Gasteiger partial charge on any atom is 0.295 e. The van der Waals surface area contributed by atoms with Gasteiger partial charge in [-0.15, -0.1) is 0 Å². The van der Waals surface area contributed by atoms with E-state index in [2.05, 4.69) is 23.7 Å². The predicted molar refractivity (Wildman–Crippen MR) is 117 cm³/mol. The van der Waals surface area contributed by atoms with Crippen molar-refractivity contribution >= 4 is 17.4 Å². The molecule has 1 N–H and O–H groups in total. The first-order valence-electron chi connectivity index (χ1n) is 10.7. The molecule has 0 radical (unpaired) electrons. The second kappa shape index (κ2) is 8.89. The fourth-order valence-corrected chi connectivity index (χ4v) is 4.23. The zero-order valence-electron chi connectivity index (χ0n) is 17.9. The lowest BCUT2D eigenvalue weighted by Crippen LogP contribution is -2.38. The number of pyridine rings is 1. The third-order valence-corrected chi connectivity index (χ3v) is 6.02. The van der Waals surface area contributed by atoms with Crippen LogP contribution in [0.2, 0.25) is 0 Å². The van der Waals surface area contributed by atoms with Crippen LogP contribution in [0.5, 0.6) is 5.75 Å². The number of aliphatic hydroxyl groups is 1. The Hall–Kier alpha value is -3.19. The molecule has 31 heavy (non-hydrogen) atoms. The van der Waals surface area contributed by atoms with E-state index < -0.39 is 17.7 Å². The molecule has 0 spiro atoms. The van der Waals surface area contributed by atoms with Gasteiger partial charge in [-0.25, -0.2) is 0 Å². The van der Waals surface area contributed by atoms with Gasteiger partial charge in [0, 0.05) is 31.3 Å². The summed E-state index contributed by atoms with van der Waals surface area (Å²) in [7, 11) is 0. The van der Waals surface area contributed by atoms with Crippen LogP contribution in [0.4, 0.5) is 0 Å². The largest absolute Gasteiger partial charge is 0.507 e. The van der Waals surface area contributed by atoms with Crippen LogP contribution in [0.25, 0.3) is 5.76 Å². The van der Waals surface area contributed by atoms with Crippen LogP contribution >= 0.6 is 0 Å². The Morgan fingerprint density at radius 2 is 2.03 bits per heavy atom. The number of ketones is 1. The number of likely N-dealkylation sites (tertiary alicyclic amines) is 1. The fourth-order valence-electron chi connectivity index (χ4n) is 4.23. The van der Waals surface area contributed by atoms with E-state index >= 15 is 0 Å². The van der Waals surface area contributed by atoms with Crippen LogP contribution in [-0.2, 0) is 16.0 Å². The zero-order valence-corrected chi connectivity index (χ0v) is 17.9. The summed E-state index contributed by atoms with van der Waals surface area (Å²) in [6.07, 6.45) is 2.38. The summed E-state index contributed by atoms with van der Waals surface area (Å²) in [5, 5.41) is 11.2. The van der Waals surface area contributed by atoms with Crippen molar-refractivity contribution in [2.45, 2.75) is 26.3 Å². The molecule has 2 aromatic rings. The molecule has 1 unspecified atom stereocenters. The molecule has 0 saturated carbocycles. The van der Waals surface area contributed by atoms with E-state index in [1.807, 2.05) is 12.1 Å². The first-order chi connectivity index (χ1) is 15.0. The minimum atomic E-state index is -0.721. The number of fused-ring (bicyclic) bond motifs is 1. The molecule has 1 atom stereocenters. The monoisotopic (exact) mass is 421 g/mol. The van der Waals surface area contributed by atoms with Gasteiger partial charge in [-0.3, -0.25) is 14.6 Å². The van der Waals surface area contributed by atoms with E-state index in [0.29, 0.717) is 31.0 Å². The molecule has 1 amide bonds. The lowest BCUT2D eigenvalue weighted by molar-refractivity contribution is -0.140. The van der Waals surface area contributed by atoms with Gasteiger partial charge >= 0.3 is 0 Å². The molecule has 0 aliphatic carbocycles.